The number of hydrazine groups is 1. The third-order valence-corrected chi connectivity index (χ3v) is 3.87. The number of para-hydroxylation sites is 1. The van der Waals surface area contributed by atoms with Crippen LogP contribution in [-0.2, 0) is 9.59 Å². The van der Waals surface area contributed by atoms with Gasteiger partial charge in [0, 0.05) is 0 Å². The minimum atomic E-state index is -0.441. The number of carbonyl (C=O) groups is 2. The SMILES string of the molecule is CCCOc1ccc(/C=C2/C(=O)NN(c3ccccc3)C2=O)cc1OC. The third-order valence-electron chi connectivity index (χ3n) is 3.87. The highest BCUT2D eigenvalue weighted by Gasteiger charge is 2.34. The van der Waals surface area contributed by atoms with E-state index < -0.39 is 11.8 Å². The van der Waals surface area contributed by atoms with Crippen molar-refractivity contribution >= 4 is 23.6 Å². The molecule has 1 aliphatic heterocycles. The van der Waals surface area contributed by atoms with Crippen LogP contribution in [-0.4, -0.2) is 25.5 Å². The van der Waals surface area contributed by atoms with E-state index >= 15 is 0 Å². The fraction of sp³-hybridized carbons (Fsp3) is 0.200. The van der Waals surface area contributed by atoms with Crippen molar-refractivity contribution in [3.05, 3.63) is 59.7 Å². The van der Waals surface area contributed by atoms with Crippen LogP contribution in [0.3, 0.4) is 0 Å². The molecular formula is C20H20N2O4. The van der Waals surface area contributed by atoms with Crippen LogP contribution in [0.5, 0.6) is 11.5 Å². The van der Waals surface area contributed by atoms with Crippen molar-refractivity contribution in [1.29, 1.82) is 0 Å². The van der Waals surface area contributed by atoms with Crippen LogP contribution in [0.4, 0.5) is 5.69 Å². The lowest BCUT2D eigenvalue weighted by Crippen LogP contribution is -2.35. The van der Waals surface area contributed by atoms with E-state index in [1.807, 2.05) is 13.0 Å². The molecule has 0 aromatic heterocycles. The number of rotatable bonds is 6. The molecule has 6 nitrogen and oxygen atoms in total. The van der Waals surface area contributed by atoms with Crippen molar-refractivity contribution in [3.63, 3.8) is 0 Å². The first kappa shape index (κ1) is 17.5. The average molecular weight is 352 g/mol. The summed E-state index contributed by atoms with van der Waals surface area (Å²) in [6, 6.07) is 14.3. The summed E-state index contributed by atoms with van der Waals surface area (Å²) in [5.41, 5.74) is 3.93. The molecular weight excluding hydrogens is 332 g/mol. The number of nitrogens with one attached hydrogen (secondary N) is 1. The quantitative estimate of drug-likeness (QED) is 0.641. The molecule has 6 heteroatoms. The molecule has 1 fully saturated rings. The molecule has 1 heterocycles. The Kier molecular flexibility index (Phi) is 5.22. The van der Waals surface area contributed by atoms with E-state index in [0.717, 1.165) is 6.42 Å². The monoisotopic (exact) mass is 352 g/mol. The first-order valence-electron chi connectivity index (χ1n) is 8.37. The lowest BCUT2D eigenvalue weighted by atomic mass is 10.1. The van der Waals surface area contributed by atoms with Crippen molar-refractivity contribution in [2.75, 3.05) is 18.7 Å². The second-order valence-corrected chi connectivity index (χ2v) is 5.73. The number of ether oxygens (including phenoxy) is 2. The van der Waals surface area contributed by atoms with Gasteiger partial charge in [-0.2, -0.15) is 0 Å². The van der Waals surface area contributed by atoms with Gasteiger partial charge in [-0.3, -0.25) is 15.0 Å². The van der Waals surface area contributed by atoms with Gasteiger partial charge in [-0.25, -0.2) is 5.01 Å². The largest absolute Gasteiger partial charge is 0.493 e. The highest BCUT2D eigenvalue weighted by Crippen LogP contribution is 2.30. The predicted octanol–water partition coefficient (Wildman–Crippen LogP) is 2.95. The fourth-order valence-corrected chi connectivity index (χ4v) is 2.59. The molecule has 1 N–H and O–H groups in total. The number of carbonyl (C=O) groups excluding carboxylic acids is 2. The van der Waals surface area contributed by atoms with Crippen molar-refractivity contribution in [2.45, 2.75) is 13.3 Å². The maximum atomic E-state index is 12.6. The summed E-state index contributed by atoms with van der Waals surface area (Å²) in [7, 11) is 1.55. The Morgan fingerprint density at radius 3 is 2.54 bits per heavy atom. The highest BCUT2D eigenvalue weighted by molar-refractivity contribution is 6.31. The van der Waals surface area contributed by atoms with Crippen LogP contribution in [0.25, 0.3) is 6.08 Å². The normalized spacial score (nSPS) is 15.3. The second-order valence-electron chi connectivity index (χ2n) is 5.73. The molecule has 0 aliphatic carbocycles. The van der Waals surface area contributed by atoms with Crippen molar-refractivity contribution in [1.82, 2.24) is 5.43 Å². The molecule has 0 bridgehead atoms. The van der Waals surface area contributed by atoms with E-state index in [1.54, 1.807) is 55.7 Å². The summed E-state index contributed by atoms with van der Waals surface area (Å²) in [6.07, 6.45) is 2.44. The summed E-state index contributed by atoms with van der Waals surface area (Å²) in [4.78, 5) is 24.8. The smallest absolute Gasteiger partial charge is 0.282 e. The molecule has 2 amide bonds. The average Bonchev–Trinajstić information content (AvgIpc) is 2.95. The van der Waals surface area contributed by atoms with Crippen LogP contribution >= 0.6 is 0 Å². The Morgan fingerprint density at radius 1 is 1.08 bits per heavy atom. The Balaban J connectivity index is 1.87. The maximum absolute atomic E-state index is 12.6. The molecule has 26 heavy (non-hydrogen) atoms. The van der Waals surface area contributed by atoms with Crippen molar-refractivity contribution < 1.29 is 19.1 Å². The summed E-state index contributed by atoms with van der Waals surface area (Å²) < 4.78 is 11.0. The summed E-state index contributed by atoms with van der Waals surface area (Å²) >= 11 is 0. The van der Waals surface area contributed by atoms with Gasteiger partial charge < -0.3 is 9.47 Å². The molecule has 1 aliphatic rings. The fourth-order valence-electron chi connectivity index (χ4n) is 2.59. The molecule has 0 radical (unpaired) electrons. The number of benzene rings is 2. The highest BCUT2D eigenvalue weighted by atomic mass is 16.5. The number of methoxy groups -OCH3 is 1. The Labute approximate surface area is 152 Å². The molecule has 2 aromatic rings. The lowest BCUT2D eigenvalue weighted by Gasteiger charge is -2.13. The molecule has 0 atom stereocenters. The van der Waals surface area contributed by atoms with E-state index in [-0.39, 0.29) is 5.57 Å². The molecule has 2 aromatic carbocycles. The zero-order chi connectivity index (χ0) is 18.5. The van der Waals surface area contributed by atoms with E-state index in [1.165, 1.54) is 5.01 Å². The van der Waals surface area contributed by atoms with Crippen LogP contribution in [0.2, 0.25) is 0 Å². The first-order chi connectivity index (χ1) is 12.6. The van der Waals surface area contributed by atoms with Gasteiger partial charge >= 0.3 is 0 Å². The van der Waals surface area contributed by atoms with E-state index in [9.17, 15) is 9.59 Å². The molecule has 1 saturated heterocycles. The van der Waals surface area contributed by atoms with Gasteiger partial charge in [-0.15, -0.1) is 0 Å². The number of hydrogen-bond donors (Lipinski definition) is 1. The zero-order valence-electron chi connectivity index (χ0n) is 14.7. The minimum Gasteiger partial charge on any atom is -0.493 e. The van der Waals surface area contributed by atoms with Gasteiger partial charge in [0.15, 0.2) is 11.5 Å². The van der Waals surface area contributed by atoms with Crippen molar-refractivity contribution in [3.8, 4) is 11.5 Å². The van der Waals surface area contributed by atoms with E-state index in [4.69, 9.17) is 9.47 Å². The maximum Gasteiger partial charge on any atom is 0.282 e. The van der Waals surface area contributed by atoms with Crippen LogP contribution in [0.1, 0.15) is 18.9 Å². The van der Waals surface area contributed by atoms with Gasteiger partial charge in [-0.1, -0.05) is 31.2 Å². The van der Waals surface area contributed by atoms with Gasteiger partial charge in [0.25, 0.3) is 11.8 Å². The number of amides is 2. The molecule has 0 spiro atoms. The van der Waals surface area contributed by atoms with Gasteiger partial charge in [-0.05, 0) is 42.3 Å². The topological polar surface area (TPSA) is 67.9 Å². The van der Waals surface area contributed by atoms with Gasteiger partial charge in [0.05, 0.1) is 19.4 Å². The second kappa shape index (κ2) is 7.74. The number of anilines is 1. The Bertz CT molecular complexity index is 846. The molecule has 0 saturated carbocycles. The van der Waals surface area contributed by atoms with Crippen LogP contribution < -0.4 is 19.9 Å². The van der Waals surface area contributed by atoms with E-state index in [0.29, 0.717) is 29.4 Å². The summed E-state index contributed by atoms with van der Waals surface area (Å²) in [6.45, 7) is 2.61. The minimum absolute atomic E-state index is 0.0677. The predicted molar refractivity (Wildman–Crippen MR) is 98.8 cm³/mol. The molecule has 3 rings (SSSR count). The van der Waals surface area contributed by atoms with Gasteiger partial charge in [0.1, 0.15) is 5.57 Å². The van der Waals surface area contributed by atoms with E-state index in [2.05, 4.69) is 5.43 Å². The molecule has 0 unspecified atom stereocenters. The Morgan fingerprint density at radius 2 is 1.85 bits per heavy atom. The number of hydrogen-bond acceptors (Lipinski definition) is 4. The standard InChI is InChI=1S/C20H20N2O4/c1-3-11-26-17-10-9-14(13-18(17)25-2)12-16-19(23)21-22(20(16)24)15-7-5-4-6-8-15/h4-10,12-13H,3,11H2,1-2H3,(H,21,23)/b16-12-. The lowest BCUT2D eigenvalue weighted by molar-refractivity contribution is -0.117. The summed E-state index contributed by atoms with van der Waals surface area (Å²) in [5, 5.41) is 1.24. The first-order valence-corrected chi connectivity index (χ1v) is 8.37. The van der Waals surface area contributed by atoms with Crippen LogP contribution in [0, 0.1) is 0 Å². The third kappa shape index (κ3) is 3.54. The van der Waals surface area contributed by atoms with Gasteiger partial charge in [0.2, 0.25) is 0 Å². The van der Waals surface area contributed by atoms with Crippen LogP contribution in [0.15, 0.2) is 54.1 Å². The van der Waals surface area contributed by atoms with Crippen molar-refractivity contribution in [2.24, 2.45) is 0 Å². The Hall–Kier alpha value is -3.28. The number of nitrogens with zero attached hydrogens (tertiary/aromatic N) is 1. The summed E-state index contributed by atoms with van der Waals surface area (Å²) in [5.74, 6) is 0.346. The molecule has 134 valence electrons. The zero-order valence-corrected chi connectivity index (χ0v) is 14.7.